The molecule has 0 fully saturated rings. The topological polar surface area (TPSA) is 90.9 Å². The number of carbonyl (C=O) groups excluding carboxylic acids is 1. The highest BCUT2D eigenvalue weighted by Crippen LogP contribution is 2.17. The molecule has 100 valence electrons. The molecule has 0 amide bonds. The Kier molecular flexibility index (Phi) is 5.52. The number of nitrogens with zero attached hydrogens (tertiary/aromatic N) is 3. The van der Waals surface area contributed by atoms with Gasteiger partial charge in [0.05, 0.1) is 6.61 Å². The second-order valence-electron chi connectivity index (χ2n) is 3.85. The molecule has 0 aromatic carbocycles. The smallest absolute Gasteiger partial charge is 0.355 e. The number of esters is 1. The van der Waals surface area contributed by atoms with Crippen molar-refractivity contribution in [3.05, 3.63) is 33.0 Å². The fourth-order valence-electron chi connectivity index (χ4n) is 1.65. The number of aryl methyl sites for hydroxylation is 1. The summed E-state index contributed by atoms with van der Waals surface area (Å²) < 4.78 is 4.96. The van der Waals surface area contributed by atoms with Crippen molar-refractivity contribution >= 4 is 5.97 Å². The molecule has 0 saturated carbocycles. The number of aromatic nitrogens is 1. The quantitative estimate of drug-likeness (QED) is 0.225. The van der Waals surface area contributed by atoms with Crippen LogP contribution in [0, 0.1) is 25.7 Å². The van der Waals surface area contributed by atoms with Crippen LogP contribution in [-0.2, 0) is 4.74 Å². The summed E-state index contributed by atoms with van der Waals surface area (Å²) in [5, 5.41) is 3.40. The number of carbonyl (C=O) groups is 1. The van der Waals surface area contributed by atoms with Crippen LogP contribution in [0.1, 0.15) is 40.7 Å². The number of aromatic amines is 1. The number of rotatable bonds is 4. The minimum Gasteiger partial charge on any atom is -0.461 e. The largest absolute Gasteiger partial charge is 0.461 e. The molecular weight excluding hydrogens is 244 g/mol. The van der Waals surface area contributed by atoms with Gasteiger partial charge in [0.2, 0.25) is 0 Å². The van der Waals surface area contributed by atoms with E-state index in [0.29, 0.717) is 25.3 Å². The summed E-state index contributed by atoms with van der Waals surface area (Å²) in [7, 11) is 0. The third-order valence-corrected chi connectivity index (χ3v) is 2.53. The van der Waals surface area contributed by atoms with Crippen LogP contribution in [0.4, 0.5) is 0 Å². The fraction of sp³-hybridized carbons (Fsp3) is 0.462. The summed E-state index contributed by atoms with van der Waals surface area (Å²) in [6, 6.07) is 0. The minimum atomic E-state index is -0.370. The molecule has 0 bridgehead atoms. The van der Waals surface area contributed by atoms with Gasteiger partial charge in [-0.3, -0.25) is 0 Å². The van der Waals surface area contributed by atoms with Gasteiger partial charge in [-0.1, -0.05) is 17.0 Å². The highest BCUT2D eigenvalue weighted by atomic mass is 16.5. The molecule has 1 N–H and O–H groups in total. The standard InChI is InChI=1S/C13H16N4O2/c1-4-19-13(18)12-9(2)11(10(3)16-12)7-5-6-8-15-17-14/h16H,4,6,8H2,1-3H3. The zero-order chi connectivity index (χ0) is 14.3. The maximum absolute atomic E-state index is 11.7. The minimum absolute atomic E-state index is 0.337. The maximum Gasteiger partial charge on any atom is 0.355 e. The Morgan fingerprint density at radius 1 is 1.53 bits per heavy atom. The van der Waals surface area contributed by atoms with E-state index >= 15 is 0 Å². The van der Waals surface area contributed by atoms with E-state index in [2.05, 4.69) is 26.9 Å². The molecule has 1 aromatic rings. The molecule has 0 aliphatic rings. The molecule has 6 heteroatoms. The Labute approximate surface area is 111 Å². The number of hydrogen-bond acceptors (Lipinski definition) is 3. The SMILES string of the molecule is CCOC(=O)c1[nH]c(C)c(C#CCCN=[N+]=[N-])c1C. The van der Waals surface area contributed by atoms with Crippen molar-refractivity contribution < 1.29 is 9.53 Å². The molecule has 0 saturated heterocycles. The second-order valence-corrected chi connectivity index (χ2v) is 3.85. The predicted octanol–water partition coefficient (Wildman–Crippen LogP) is 2.86. The van der Waals surface area contributed by atoms with Crippen LogP contribution >= 0.6 is 0 Å². The van der Waals surface area contributed by atoms with Crippen LogP contribution < -0.4 is 0 Å². The lowest BCUT2D eigenvalue weighted by Gasteiger charge is -1.99. The van der Waals surface area contributed by atoms with Crippen molar-refractivity contribution in [1.29, 1.82) is 0 Å². The lowest BCUT2D eigenvalue weighted by atomic mass is 10.1. The van der Waals surface area contributed by atoms with Crippen molar-refractivity contribution in [1.82, 2.24) is 4.98 Å². The number of azide groups is 1. The first-order valence-electron chi connectivity index (χ1n) is 5.97. The molecule has 1 rings (SSSR count). The van der Waals surface area contributed by atoms with Gasteiger partial charge in [-0.15, -0.1) is 0 Å². The van der Waals surface area contributed by atoms with Crippen molar-refractivity contribution in [3.8, 4) is 11.8 Å². The Bertz CT molecular complexity index is 571. The third-order valence-electron chi connectivity index (χ3n) is 2.53. The fourth-order valence-corrected chi connectivity index (χ4v) is 1.65. The first kappa shape index (κ1) is 14.7. The molecule has 19 heavy (non-hydrogen) atoms. The lowest BCUT2D eigenvalue weighted by molar-refractivity contribution is 0.0519. The molecule has 0 spiro atoms. The first-order valence-corrected chi connectivity index (χ1v) is 5.97. The van der Waals surface area contributed by atoms with E-state index in [1.54, 1.807) is 6.92 Å². The molecule has 6 nitrogen and oxygen atoms in total. The number of H-pyrrole nitrogens is 1. The Hall–Kier alpha value is -2.38. The maximum atomic E-state index is 11.7. The van der Waals surface area contributed by atoms with Crippen molar-refractivity contribution in [2.24, 2.45) is 5.11 Å². The summed E-state index contributed by atoms with van der Waals surface area (Å²) in [6.07, 6.45) is 0.489. The molecule has 0 unspecified atom stereocenters. The molecule has 0 aliphatic heterocycles. The Morgan fingerprint density at radius 3 is 2.89 bits per heavy atom. The third kappa shape index (κ3) is 3.80. The van der Waals surface area contributed by atoms with Gasteiger partial charge >= 0.3 is 5.97 Å². The zero-order valence-corrected chi connectivity index (χ0v) is 11.3. The van der Waals surface area contributed by atoms with E-state index in [4.69, 9.17) is 10.3 Å². The lowest BCUT2D eigenvalue weighted by Crippen LogP contribution is -2.06. The van der Waals surface area contributed by atoms with Crippen LogP contribution in [0.25, 0.3) is 10.4 Å². The molecule has 0 radical (unpaired) electrons. The summed E-state index contributed by atoms with van der Waals surface area (Å²) in [6.45, 7) is 6.13. The Balaban J connectivity index is 2.90. The van der Waals surface area contributed by atoms with Crippen LogP contribution in [0.2, 0.25) is 0 Å². The van der Waals surface area contributed by atoms with Gasteiger partial charge in [0.15, 0.2) is 0 Å². The van der Waals surface area contributed by atoms with Crippen LogP contribution in [0.3, 0.4) is 0 Å². The van der Waals surface area contributed by atoms with Crippen LogP contribution in [0.5, 0.6) is 0 Å². The van der Waals surface area contributed by atoms with Crippen LogP contribution in [0.15, 0.2) is 5.11 Å². The highest BCUT2D eigenvalue weighted by Gasteiger charge is 2.16. The average Bonchev–Trinajstić information content (AvgIpc) is 2.66. The van der Waals surface area contributed by atoms with Gasteiger partial charge in [0.1, 0.15) is 5.69 Å². The van der Waals surface area contributed by atoms with E-state index in [-0.39, 0.29) is 5.97 Å². The molecule has 0 atom stereocenters. The summed E-state index contributed by atoms with van der Waals surface area (Å²) in [4.78, 5) is 17.3. The van der Waals surface area contributed by atoms with Crippen molar-refractivity contribution in [2.45, 2.75) is 27.2 Å². The van der Waals surface area contributed by atoms with E-state index in [1.165, 1.54) is 0 Å². The van der Waals surface area contributed by atoms with Crippen molar-refractivity contribution in [3.63, 3.8) is 0 Å². The van der Waals surface area contributed by atoms with Crippen molar-refractivity contribution in [2.75, 3.05) is 13.2 Å². The van der Waals surface area contributed by atoms with Gasteiger partial charge < -0.3 is 9.72 Å². The summed E-state index contributed by atoms with van der Waals surface area (Å²) in [5.41, 5.74) is 11.0. The van der Waals surface area contributed by atoms with Crippen LogP contribution in [-0.4, -0.2) is 24.1 Å². The molecule has 1 heterocycles. The van der Waals surface area contributed by atoms with E-state index < -0.39 is 0 Å². The van der Waals surface area contributed by atoms with Gasteiger partial charge in [0.25, 0.3) is 0 Å². The highest BCUT2D eigenvalue weighted by molar-refractivity contribution is 5.90. The monoisotopic (exact) mass is 260 g/mol. The molecule has 1 aromatic heterocycles. The summed E-state index contributed by atoms with van der Waals surface area (Å²) >= 11 is 0. The van der Waals surface area contributed by atoms with Gasteiger partial charge in [0, 0.05) is 29.1 Å². The average molecular weight is 260 g/mol. The van der Waals surface area contributed by atoms with E-state index in [1.807, 2.05) is 13.8 Å². The van der Waals surface area contributed by atoms with Gasteiger partial charge in [-0.05, 0) is 31.9 Å². The number of hydrogen-bond donors (Lipinski definition) is 1. The van der Waals surface area contributed by atoms with E-state index in [0.717, 1.165) is 16.8 Å². The van der Waals surface area contributed by atoms with E-state index in [9.17, 15) is 4.79 Å². The Morgan fingerprint density at radius 2 is 2.26 bits per heavy atom. The molecular formula is C13H16N4O2. The van der Waals surface area contributed by atoms with Gasteiger partial charge in [-0.2, -0.15) is 0 Å². The predicted molar refractivity (Wildman–Crippen MR) is 71.7 cm³/mol. The van der Waals surface area contributed by atoms with Gasteiger partial charge in [-0.25, -0.2) is 4.79 Å². The zero-order valence-electron chi connectivity index (χ0n) is 11.3. The summed E-state index contributed by atoms with van der Waals surface area (Å²) in [5.74, 6) is 5.53. The number of ether oxygens (including phenoxy) is 1. The first-order chi connectivity index (χ1) is 9.11. The number of nitrogens with one attached hydrogen (secondary N) is 1. The molecule has 0 aliphatic carbocycles. The normalized spacial score (nSPS) is 9.21. The second kappa shape index (κ2) is 7.14.